The molecule has 1 aliphatic heterocycles. The number of alkyl halides is 3. The lowest BCUT2D eigenvalue weighted by Gasteiger charge is -2.32. The fraction of sp³-hybridized carbons (Fsp3) is 0.250. The van der Waals surface area contributed by atoms with E-state index in [0.717, 1.165) is 22.1 Å². The van der Waals surface area contributed by atoms with Crippen molar-refractivity contribution in [3.05, 3.63) is 59.1 Å². The average molecular weight is 435 g/mol. The van der Waals surface area contributed by atoms with Crippen molar-refractivity contribution in [3.8, 4) is 0 Å². The van der Waals surface area contributed by atoms with Crippen LogP contribution in [-0.4, -0.2) is 40.3 Å². The number of carbonyl (C=O) groups is 1. The first-order valence-corrected chi connectivity index (χ1v) is 9.90. The van der Waals surface area contributed by atoms with E-state index in [1.807, 2.05) is 18.2 Å². The molecule has 0 spiro atoms. The summed E-state index contributed by atoms with van der Waals surface area (Å²) < 4.78 is 46.5. The zero-order chi connectivity index (χ0) is 21.5. The first kappa shape index (κ1) is 20.3. The maximum atomic E-state index is 13.9. The number of rotatable bonds is 4. The predicted molar refractivity (Wildman–Crippen MR) is 107 cm³/mol. The van der Waals surface area contributed by atoms with E-state index < -0.39 is 24.3 Å². The molecule has 0 bridgehead atoms. The summed E-state index contributed by atoms with van der Waals surface area (Å²) in [7, 11) is 0. The van der Waals surface area contributed by atoms with Gasteiger partial charge in [0.1, 0.15) is 0 Å². The van der Waals surface area contributed by atoms with Crippen molar-refractivity contribution in [2.45, 2.75) is 25.2 Å². The van der Waals surface area contributed by atoms with Crippen molar-refractivity contribution in [1.29, 1.82) is 0 Å². The van der Waals surface area contributed by atoms with Gasteiger partial charge in [0.25, 0.3) is 5.72 Å². The highest BCUT2D eigenvalue weighted by atomic mass is 32.1. The van der Waals surface area contributed by atoms with Gasteiger partial charge < -0.3 is 9.84 Å². The summed E-state index contributed by atoms with van der Waals surface area (Å²) >= 11 is 0.767. The van der Waals surface area contributed by atoms with Gasteiger partial charge in [0.2, 0.25) is 5.13 Å². The Kier molecular flexibility index (Phi) is 4.99. The molecule has 0 amide bonds. The van der Waals surface area contributed by atoms with E-state index in [1.165, 1.54) is 5.38 Å². The molecule has 1 N–H and O–H groups in total. The average Bonchev–Trinajstić information content (AvgIpc) is 3.33. The molecule has 3 aromatic rings. The second kappa shape index (κ2) is 7.37. The second-order valence-corrected chi connectivity index (χ2v) is 7.45. The topological polar surface area (TPSA) is 75.0 Å². The smallest absolute Gasteiger partial charge is 0.438 e. The lowest BCUT2D eigenvalue weighted by atomic mass is 9.96. The van der Waals surface area contributed by atoms with Gasteiger partial charge in [-0.1, -0.05) is 42.5 Å². The highest BCUT2D eigenvalue weighted by Crippen LogP contribution is 2.45. The fourth-order valence-corrected chi connectivity index (χ4v) is 4.06. The van der Waals surface area contributed by atoms with Crippen LogP contribution in [0.25, 0.3) is 10.8 Å². The van der Waals surface area contributed by atoms with Crippen LogP contribution >= 0.6 is 11.3 Å². The lowest BCUT2D eigenvalue weighted by molar-refractivity contribution is -0.254. The standard InChI is InChI=1S/C20H16F3N3O3S/c1-2-29-17(27)16-11-30-18(24-16)26-19(28,20(21,22)23)10-15(25-26)14-9-5-7-12-6-3-4-8-13(12)14/h3-9,11,28H,2,10H2,1H3/t19-/m1/s1. The number of halogens is 3. The highest BCUT2D eigenvalue weighted by Gasteiger charge is 2.62. The Morgan fingerprint density at radius 2 is 2.00 bits per heavy atom. The summed E-state index contributed by atoms with van der Waals surface area (Å²) in [6.07, 6.45) is -5.79. The lowest BCUT2D eigenvalue weighted by Crippen LogP contribution is -2.55. The summed E-state index contributed by atoms with van der Waals surface area (Å²) in [5, 5.41) is 17.7. The highest BCUT2D eigenvalue weighted by molar-refractivity contribution is 7.14. The Bertz CT molecular complexity index is 1140. The molecule has 30 heavy (non-hydrogen) atoms. The van der Waals surface area contributed by atoms with Gasteiger partial charge in [-0.05, 0) is 17.7 Å². The number of hydrazone groups is 1. The predicted octanol–water partition coefficient (Wildman–Crippen LogP) is 4.34. The second-order valence-electron chi connectivity index (χ2n) is 6.61. The van der Waals surface area contributed by atoms with Crippen LogP contribution in [0.2, 0.25) is 0 Å². The van der Waals surface area contributed by atoms with Gasteiger partial charge in [0, 0.05) is 10.9 Å². The molecule has 0 unspecified atom stereocenters. The molecule has 1 aliphatic rings. The number of aliphatic hydroxyl groups is 1. The van der Waals surface area contributed by atoms with Crippen LogP contribution in [-0.2, 0) is 4.74 Å². The Balaban J connectivity index is 1.80. The molecule has 1 atom stereocenters. The molecular weight excluding hydrogens is 419 g/mol. The van der Waals surface area contributed by atoms with Crippen LogP contribution < -0.4 is 5.01 Å². The van der Waals surface area contributed by atoms with Crippen LogP contribution in [0.3, 0.4) is 0 Å². The van der Waals surface area contributed by atoms with Crippen LogP contribution in [0.4, 0.5) is 18.3 Å². The van der Waals surface area contributed by atoms with E-state index in [2.05, 4.69) is 10.1 Å². The minimum absolute atomic E-state index is 0.0690. The van der Waals surface area contributed by atoms with Crippen LogP contribution in [0, 0.1) is 0 Å². The fourth-order valence-electron chi connectivity index (χ4n) is 3.25. The molecule has 6 nitrogen and oxygen atoms in total. The Morgan fingerprint density at radius 3 is 2.73 bits per heavy atom. The Morgan fingerprint density at radius 1 is 1.27 bits per heavy atom. The maximum Gasteiger partial charge on any atom is 0.438 e. The van der Waals surface area contributed by atoms with Crippen LogP contribution in [0.5, 0.6) is 0 Å². The molecule has 0 saturated carbocycles. The van der Waals surface area contributed by atoms with Crippen LogP contribution in [0.1, 0.15) is 29.4 Å². The van der Waals surface area contributed by atoms with Crippen molar-refractivity contribution in [3.63, 3.8) is 0 Å². The molecule has 4 rings (SSSR count). The van der Waals surface area contributed by atoms with E-state index in [9.17, 15) is 23.1 Å². The Labute approximate surface area is 173 Å². The summed E-state index contributed by atoms with van der Waals surface area (Å²) in [5.74, 6) is -0.756. The zero-order valence-electron chi connectivity index (χ0n) is 15.7. The number of carbonyl (C=O) groups excluding carboxylic acids is 1. The van der Waals surface area contributed by atoms with Crippen molar-refractivity contribution in [2.24, 2.45) is 5.10 Å². The number of hydrogen-bond donors (Lipinski definition) is 1. The normalized spacial score (nSPS) is 19.2. The third-order valence-electron chi connectivity index (χ3n) is 4.70. The van der Waals surface area contributed by atoms with Gasteiger partial charge in [-0.3, -0.25) is 0 Å². The van der Waals surface area contributed by atoms with Gasteiger partial charge in [0.15, 0.2) is 5.69 Å². The molecule has 156 valence electrons. The van der Waals surface area contributed by atoms with Crippen LogP contribution in [0.15, 0.2) is 52.9 Å². The molecule has 1 aromatic heterocycles. The minimum Gasteiger partial charge on any atom is -0.461 e. The largest absolute Gasteiger partial charge is 0.461 e. The summed E-state index contributed by atoms with van der Waals surface area (Å²) in [6.45, 7) is 1.71. The first-order valence-electron chi connectivity index (χ1n) is 9.02. The monoisotopic (exact) mass is 435 g/mol. The number of nitrogens with zero attached hydrogens (tertiary/aromatic N) is 3. The summed E-state index contributed by atoms with van der Waals surface area (Å²) in [5.41, 5.74) is -2.88. The SMILES string of the molecule is CCOC(=O)c1csc(N2N=C(c3cccc4ccccc34)C[C@@]2(O)C(F)(F)F)n1. The number of esters is 1. The quantitative estimate of drug-likeness (QED) is 0.617. The van der Waals surface area contributed by atoms with Crippen molar-refractivity contribution in [2.75, 3.05) is 11.6 Å². The third kappa shape index (κ3) is 3.31. The molecule has 0 radical (unpaired) electrons. The molecule has 0 fully saturated rings. The minimum atomic E-state index is -5.02. The molecular formula is C20H16F3N3O3S. The van der Waals surface area contributed by atoms with Crippen molar-refractivity contribution in [1.82, 2.24) is 4.98 Å². The molecule has 0 saturated heterocycles. The zero-order valence-corrected chi connectivity index (χ0v) is 16.5. The third-order valence-corrected chi connectivity index (χ3v) is 5.51. The van der Waals surface area contributed by atoms with Crippen molar-refractivity contribution < 1.29 is 27.8 Å². The molecule has 0 aliphatic carbocycles. The van der Waals surface area contributed by atoms with Gasteiger partial charge in [-0.15, -0.1) is 11.3 Å². The number of thiazole rings is 1. The molecule has 10 heteroatoms. The number of anilines is 1. The van der Waals surface area contributed by atoms with E-state index in [0.29, 0.717) is 10.6 Å². The van der Waals surface area contributed by atoms with Gasteiger partial charge >= 0.3 is 12.1 Å². The summed E-state index contributed by atoms with van der Waals surface area (Å²) in [4.78, 5) is 15.8. The number of fused-ring (bicyclic) bond motifs is 1. The number of hydrogen-bond acceptors (Lipinski definition) is 7. The van der Waals surface area contributed by atoms with E-state index in [-0.39, 0.29) is 23.1 Å². The molecule has 2 aromatic carbocycles. The van der Waals surface area contributed by atoms with Gasteiger partial charge in [-0.2, -0.15) is 23.3 Å². The molecule has 2 heterocycles. The Hall–Kier alpha value is -2.98. The summed E-state index contributed by atoms with van der Waals surface area (Å²) in [6, 6.07) is 12.5. The van der Waals surface area contributed by atoms with Gasteiger partial charge in [0.05, 0.1) is 18.7 Å². The van der Waals surface area contributed by atoms with E-state index >= 15 is 0 Å². The van der Waals surface area contributed by atoms with Crippen molar-refractivity contribution >= 4 is 38.9 Å². The first-order chi connectivity index (χ1) is 14.2. The van der Waals surface area contributed by atoms with E-state index in [4.69, 9.17) is 4.74 Å². The van der Waals surface area contributed by atoms with E-state index in [1.54, 1.807) is 31.2 Å². The number of benzene rings is 2. The maximum absolute atomic E-state index is 13.9. The number of aromatic nitrogens is 1. The van der Waals surface area contributed by atoms with Gasteiger partial charge in [-0.25, -0.2) is 9.78 Å². The number of ether oxygens (including phenoxy) is 1.